The zero-order chi connectivity index (χ0) is 12.4. The van der Waals surface area contributed by atoms with Crippen molar-refractivity contribution in [3.63, 3.8) is 0 Å². The van der Waals surface area contributed by atoms with Gasteiger partial charge in [-0.25, -0.2) is 4.39 Å². The fourth-order valence-corrected chi connectivity index (χ4v) is 2.15. The fraction of sp³-hybridized carbons (Fsp3) is 0.357. The van der Waals surface area contributed by atoms with Crippen molar-refractivity contribution in [2.45, 2.75) is 32.6 Å². The molecule has 0 aliphatic heterocycles. The van der Waals surface area contributed by atoms with Gasteiger partial charge >= 0.3 is 0 Å². The van der Waals surface area contributed by atoms with Gasteiger partial charge in [0.2, 0.25) is 0 Å². The van der Waals surface area contributed by atoms with E-state index in [0.29, 0.717) is 5.92 Å². The van der Waals surface area contributed by atoms with Crippen LogP contribution >= 0.6 is 0 Å². The molecule has 0 fully saturated rings. The third kappa shape index (κ3) is 2.38. The Kier molecular flexibility index (Phi) is 3.27. The molecule has 0 bridgehead atoms. The topological polar surface area (TPSA) is 39.6 Å². The SMILES string of the molecule is CCC(=N)CC(C)c1c[nH]c2cc(F)ccc12. The number of halogens is 1. The summed E-state index contributed by atoms with van der Waals surface area (Å²) in [5, 5.41) is 8.80. The van der Waals surface area contributed by atoms with Crippen LogP contribution in [0.4, 0.5) is 4.39 Å². The van der Waals surface area contributed by atoms with Crippen molar-refractivity contribution in [3.05, 3.63) is 35.8 Å². The van der Waals surface area contributed by atoms with Gasteiger partial charge in [0.05, 0.1) is 0 Å². The van der Waals surface area contributed by atoms with Crippen molar-refractivity contribution in [3.8, 4) is 0 Å². The van der Waals surface area contributed by atoms with E-state index in [9.17, 15) is 4.39 Å². The van der Waals surface area contributed by atoms with Crippen molar-refractivity contribution >= 4 is 16.6 Å². The summed E-state index contributed by atoms with van der Waals surface area (Å²) in [6.45, 7) is 4.11. The summed E-state index contributed by atoms with van der Waals surface area (Å²) >= 11 is 0. The second-order valence-corrected chi connectivity index (χ2v) is 4.50. The standard InChI is InChI=1S/C14H17FN2/c1-3-11(16)6-9(2)13-8-17-14-7-10(15)4-5-12(13)14/h4-5,7-9,16-17H,3,6H2,1-2H3. The minimum absolute atomic E-state index is 0.222. The van der Waals surface area contributed by atoms with Crippen LogP contribution in [0.3, 0.4) is 0 Å². The number of rotatable bonds is 4. The number of hydrogen-bond acceptors (Lipinski definition) is 1. The van der Waals surface area contributed by atoms with E-state index >= 15 is 0 Å². The lowest BCUT2D eigenvalue weighted by Crippen LogP contribution is -2.01. The minimum Gasteiger partial charge on any atom is -0.361 e. The minimum atomic E-state index is -0.222. The first-order chi connectivity index (χ1) is 8.11. The highest BCUT2D eigenvalue weighted by atomic mass is 19.1. The summed E-state index contributed by atoms with van der Waals surface area (Å²) in [7, 11) is 0. The van der Waals surface area contributed by atoms with Gasteiger partial charge in [-0.2, -0.15) is 0 Å². The van der Waals surface area contributed by atoms with Gasteiger partial charge in [0.15, 0.2) is 0 Å². The number of nitrogens with one attached hydrogen (secondary N) is 2. The van der Waals surface area contributed by atoms with Gasteiger partial charge in [0.1, 0.15) is 5.82 Å². The molecule has 0 saturated carbocycles. The molecule has 2 rings (SSSR count). The Morgan fingerprint density at radius 2 is 2.24 bits per heavy atom. The van der Waals surface area contributed by atoms with E-state index < -0.39 is 0 Å². The molecule has 90 valence electrons. The smallest absolute Gasteiger partial charge is 0.125 e. The maximum atomic E-state index is 13.1. The molecule has 0 aliphatic rings. The highest BCUT2D eigenvalue weighted by molar-refractivity contribution is 5.86. The number of H-pyrrole nitrogens is 1. The Hall–Kier alpha value is -1.64. The first-order valence-electron chi connectivity index (χ1n) is 5.94. The Morgan fingerprint density at radius 1 is 1.47 bits per heavy atom. The van der Waals surface area contributed by atoms with Crippen LogP contribution in [0.15, 0.2) is 24.4 Å². The van der Waals surface area contributed by atoms with Crippen molar-refractivity contribution in [2.24, 2.45) is 0 Å². The van der Waals surface area contributed by atoms with E-state index in [1.807, 2.05) is 19.2 Å². The molecule has 2 aromatic rings. The molecule has 0 aliphatic carbocycles. The number of fused-ring (bicyclic) bond motifs is 1. The Labute approximate surface area is 100 Å². The second kappa shape index (κ2) is 4.70. The average molecular weight is 232 g/mol. The monoisotopic (exact) mass is 232 g/mol. The largest absolute Gasteiger partial charge is 0.361 e. The molecule has 1 heterocycles. The van der Waals surface area contributed by atoms with Gasteiger partial charge < -0.3 is 10.4 Å². The van der Waals surface area contributed by atoms with E-state index in [4.69, 9.17) is 5.41 Å². The summed E-state index contributed by atoms with van der Waals surface area (Å²) in [6.07, 6.45) is 3.49. The van der Waals surface area contributed by atoms with E-state index in [2.05, 4.69) is 11.9 Å². The van der Waals surface area contributed by atoms with Gasteiger partial charge in [-0.1, -0.05) is 13.8 Å². The zero-order valence-electron chi connectivity index (χ0n) is 10.2. The van der Waals surface area contributed by atoms with Gasteiger partial charge in [0.25, 0.3) is 0 Å². The van der Waals surface area contributed by atoms with Crippen LogP contribution in [0.25, 0.3) is 10.9 Å². The summed E-state index contributed by atoms with van der Waals surface area (Å²) in [5.41, 5.74) is 2.75. The van der Waals surface area contributed by atoms with Crippen molar-refractivity contribution in [2.75, 3.05) is 0 Å². The lowest BCUT2D eigenvalue weighted by Gasteiger charge is -2.10. The third-order valence-electron chi connectivity index (χ3n) is 3.19. The van der Waals surface area contributed by atoms with Crippen molar-refractivity contribution < 1.29 is 4.39 Å². The molecule has 17 heavy (non-hydrogen) atoms. The van der Waals surface area contributed by atoms with Crippen LogP contribution in [0.1, 0.15) is 38.2 Å². The van der Waals surface area contributed by atoms with E-state index in [1.54, 1.807) is 0 Å². The van der Waals surface area contributed by atoms with Gasteiger partial charge in [-0.15, -0.1) is 0 Å². The van der Waals surface area contributed by atoms with E-state index in [0.717, 1.165) is 29.5 Å². The van der Waals surface area contributed by atoms with Crippen LogP contribution in [0.5, 0.6) is 0 Å². The molecule has 3 heteroatoms. The van der Waals surface area contributed by atoms with Crippen molar-refractivity contribution in [1.29, 1.82) is 5.41 Å². The van der Waals surface area contributed by atoms with Gasteiger partial charge in [0, 0.05) is 22.8 Å². The quantitative estimate of drug-likeness (QED) is 0.740. The zero-order valence-corrected chi connectivity index (χ0v) is 10.2. The summed E-state index contributed by atoms with van der Waals surface area (Å²) < 4.78 is 13.1. The number of aromatic amines is 1. The molecular weight excluding hydrogens is 215 g/mol. The summed E-state index contributed by atoms with van der Waals surface area (Å²) in [5.74, 6) is 0.0708. The average Bonchev–Trinajstić information content (AvgIpc) is 2.71. The molecule has 2 N–H and O–H groups in total. The first kappa shape index (κ1) is 11.8. The Bertz CT molecular complexity index is 542. The molecular formula is C14H17FN2. The number of benzene rings is 1. The highest BCUT2D eigenvalue weighted by Crippen LogP contribution is 2.28. The Balaban J connectivity index is 2.32. The lowest BCUT2D eigenvalue weighted by molar-refractivity contribution is 0.629. The van der Waals surface area contributed by atoms with Crippen LogP contribution in [0.2, 0.25) is 0 Å². The highest BCUT2D eigenvalue weighted by Gasteiger charge is 2.12. The van der Waals surface area contributed by atoms with Crippen LogP contribution < -0.4 is 0 Å². The van der Waals surface area contributed by atoms with E-state index in [-0.39, 0.29) is 5.82 Å². The molecule has 2 nitrogen and oxygen atoms in total. The number of aromatic nitrogens is 1. The molecule has 0 amide bonds. The van der Waals surface area contributed by atoms with Crippen molar-refractivity contribution in [1.82, 2.24) is 4.98 Å². The molecule has 0 spiro atoms. The fourth-order valence-electron chi connectivity index (χ4n) is 2.15. The number of hydrogen-bond donors (Lipinski definition) is 2. The van der Waals surface area contributed by atoms with Crippen LogP contribution in [-0.4, -0.2) is 10.7 Å². The lowest BCUT2D eigenvalue weighted by atomic mass is 9.94. The predicted octanol–water partition coefficient (Wildman–Crippen LogP) is 4.23. The second-order valence-electron chi connectivity index (χ2n) is 4.50. The third-order valence-corrected chi connectivity index (χ3v) is 3.19. The maximum Gasteiger partial charge on any atom is 0.125 e. The molecule has 1 atom stereocenters. The molecule has 1 aromatic carbocycles. The molecule has 1 aromatic heterocycles. The first-order valence-corrected chi connectivity index (χ1v) is 5.94. The predicted molar refractivity (Wildman–Crippen MR) is 69.3 cm³/mol. The Morgan fingerprint density at radius 3 is 2.94 bits per heavy atom. The normalized spacial score (nSPS) is 12.9. The van der Waals surface area contributed by atoms with Crippen LogP contribution in [-0.2, 0) is 0 Å². The van der Waals surface area contributed by atoms with E-state index in [1.165, 1.54) is 17.7 Å². The molecule has 0 saturated heterocycles. The molecule has 0 radical (unpaired) electrons. The molecule has 1 unspecified atom stereocenters. The summed E-state index contributed by atoms with van der Waals surface area (Å²) in [6, 6.07) is 4.80. The maximum absolute atomic E-state index is 13.1. The summed E-state index contributed by atoms with van der Waals surface area (Å²) in [4.78, 5) is 3.09. The van der Waals surface area contributed by atoms with Gasteiger partial charge in [-0.3, -0.25) is 0 Å². The van der Waals surface area contributed by atoms with Crippen LogP contribution in [0, 0.1) is 11.2 Å². The van der Waals surface area contributed by atoms with Gasteiger partial charge in [-0.05, 0) is 42.5 Å².